The highest BCUT2D eigenvalue weighted by molar-refractivity contribution is 6.36. The number of hydrogen-bond acceptors (Lipinski definition) is 4. The number of anilines is 1. The number of nitrogens with one attached hydrogen (secondary N) is 2. The van der Waals surface area contributed by atoms with E-state index in [2.05, 4.69) is 15.6 Å². The van der Waals surface area contributed by atoms with Crippen molar-refractivity contribution in [3.8, 4) is 0 Å². The Hall–Kier alpha value is -3.47. The molecule has 1 aliphatic heterocycles. The van der Waals surface area contributed by atoms with Crippen LogP contribution < -0.4 is 16.4 Å². The summed E-state index contributed by atoms with van der Waals surface area (Å²) in [6, 6.07) is 8.98. The first-order valence-corrected chi connectivity index (χ1v) is 12.8. The maximum Gasteiger partial charge on any atom is 0.389 e. The number of carbonyl (C=O) groups is 3. The third-order valence-corrected chi connectivity index (χ3v) is 7.14. The number of fused-ring (bicyclic) bond motifs is 1. The fourth-order valence-electron chi connectivity index (χ4n) is 4.77. The molecule has 1 heterocycles. The first-order valence-electron chi connectivity index (χ1n) is 12.4. The zero-order valence-electron chi connectivity index (χ0n) is 20.9. The van der Waals surface area contributed by atoms with Crippen molar-refractivity contribution >= 4 is 40.7 Å². The van der Waals surface area contributed by atoms with Gasteiger partial charge in [0.15, 0.2) is 0 Å². The molecule has 39 heavy (non-hydrogen) atoms. The van der Waals surface area contributed by atoms with Crippen LogP contribution in [0.3, 0.4) is 0 Å². The number of halogens is 5. The van der Waals surface area contributed by atoms with E-state index in [-0.39, 0.29) is 28.8 Å². The number of alkyl halides is 3. The minimum Gasteiger partial charge on any atom is -0.369 e. The molecule has 4 rings (SSSR count). The van der Waals surface area contributed by atoms with Crippen molar-refractivity contribution < 1.29 is 31.9 Å². The number of aryl methyl sites for hydroxylation is 1. The van der Waals surface area contributed by atoms with Crippen molar-refractivity contribution in [3.63, 3.8) is 0 Å². The van der Waals surface area contributed by atoms with Gasteiger partial charge in [0.2, 0.25) is 18.0 Å². The van der Waals surface area contributed by atoms with Gasteiger partial charge < -0.3 is 16.4 Å². The number of hydrogen-bond donors (Lipinski definition) is 3. The molecular formula is C27H27ClF4N4O3. The summed E-state index contributed by atoms with van der Waals surface area (Å²) in [5, 5.41) is 5.30. The Morgan fingerprint density at radius 2 is 1.92 bits per heavy atom. The highest BCUT2D eigenvalue weighted by Crippen LogP contribution is 2.39. The molecule has 2 aliphatic rings. The van der Waals surface area contributed by atoms with Crippen LogP contribution in [0.15, 0.2) is 41.4 Å². The molecule has 12 heteroatoms. The molecule has 1 fully saturated rings. The van der Waals surface area contributed by atoms with Gasteiger partial charge in [-0.25, -0.2) is 9.38 Å². The fourth-order valence-corrected chi connectivity index (χ4v) is 4.99. The van der Waals surface area contributed by atoms with Crippen LogP contribution in [0.1, 0.15) is 48.8 Å². The molecule has 7 nitrogen and oxygen atoms in total. The number of aliphatic imine (C=N–C) groups is 1. The van der Waals surface area contributed by atoms with Crippen molar-refractivity contribution in [1.82, 2.24) is 5.32 Å². The summed E-state index contributed by atoms with van der Waals surface area (Å²) in [6.07, 6.45) is -6.33. The van der Waals surface area contributed by atoms with Gasteiger partial charge in [0.05, 0.1) is 16.4 Å². The SMILES string of the molecule is Cc1cc(F)cc(C2=N[C@H](NC(=O)[C@@H](CC3CC3)[C@@H](CCC(F)(F)F)C(N)=O)C(=O)Nc3c(Cl)cccc32)c1. The lowest BCUT2D eigenvalue weighted by Gasteiger charge is -2.26. The van der Waals surface area contributed by atoms with Gasteiger partial charge in [-0.15, -0.1) is 0 Å². The van der Waals surface area contributed by atoms with Crippen molar-refractivity contribution in [2.45, 2.75) is 51.4 Å². The highest BCUT2D eigenvalue weighted by atomic mass is 35.5. The van der Waals surface area contributed by atoms with E-state index in [9.17, 15) is 31.9 Å². The average Bonchev–Trinajstić information content (AvgIpc) is 3.65. The Morgan fingerprint density at radius 1 is 1.21 bits per heavy atom. The van der Waals surface area contributed by atoms with Crippen molar-refractivity contribution in [2.24, 2.45) is 28.5 Å². The van der Waals surface area contributed by atoms with Gasteiger partial charge in [-0.1, -0.05) is 36.6 Å². The normalized spacial score (nSPS) is 18.8. The zero-order valence-corrected chi connectivity index (χ0v) is 21.7. The molecule has 1 saturated carbocycles. The average molecular weight is 567 g/mol. The molecule has 4 N–H and O–H groups in total. The second-order valence-electron chi connectivity index (χ2n) is 10.0. The number of rotatable bonds is 9. The van der Waals surface area contributed by atoms with E-state index in [1.165, 1.54) is 18.2 Å². The molecule has 0 bridgehead atoms. The molecule has 3 amide bonds. The lowest BCUT2D eigenvalue weighted by molar-refractivity contribution is -0.146. The van der Waals surface area contributed by atoms with E-state index < -0.39 is 60.6 Å². The number of nitrogens with zero attached hydrogens (tertiary/aromatic N) is 1. The largest absolute Gasteiger partial charge is 0.389 e. The quantitative estimate of drug-likeness (QED) is 0.376. The van der Waals surface area contributed by atoms with E-state index in [1.54, 1.807) is 25.1 Å². The van der Waals surface area contributed by atoms with Crippen LogP contribution in [0.5, 0.6) is 0 Å². The molecule has 2 aromatic rings. The van der Waals surface area contributed by atoms with Gasteiger partial charge in [0, 0.05) is 29.4 Å². The Labute approximate surface area is 227 Å². The summed E-state index contributed by atoms with van der Waals surface area (Å²) in [5.74, 6) is -5.66. The number of carbonyl (C=O) groups excluding carboxylic acids is 3. The molecule has 3 atom stereocenters. The predicted octanol–water partition coefficient (Wildman–Crippen LogP) is 4.88. The topological polar surface area (TPSA) is 114 Å². The predicted molar refractivity (Wildman–Crippen MR) is 138 cm³/mol. The van der Waals surface area contributed by atoms with E-state index in [4.69, 9.17) is 17.3 Å². The van der Waals surface area contributed by atoms with Gasteiger partial charge >= 0.3 is 6.18 Å². The second kappa shape index (κ2) is 11.3. The van der Waals surface area contributed by atoms with Crippen molar-refractivity contribution in [3.05, 3.63) is 63.9 Å². The van der Waals surface area contributed by atoms with Crippen LogP contribution in [0.2, 0.25) is 5.02 Å². The van der Waals surface area contributed by atoms with Gasteiger partial charge in [0.25, 0.3) is 5.91 Å². The van der Waals surface area contributed by atoms with Crippen LogP contribution in [-0.4, -0.2) is 35.8 Å². The van der Waals surface area contributed by atoms with Crippen molar-refractivity contribution in [1.29, 1.82) is 0 Å². The number of nitrogens with two attached hydrogens (primary N) is 1. The molecule has 0 aromatic heterocycles. The van der Waals surface area contributed by atoms with Gasteiger partial charge in [-0.05, 0) is 55.5 Å². The van der Waals surface area contributed by atoms with Crippen LogP contribution >= 0.6 is 11.6 Å². The monoisotopic (exact) mass is 566 g/mol. The molecule has 0 saturated heterocycles. The molecule has 1 aliphatic carbocycles. The Bertz CT molecular complexity index is 1310. The standard InChI is InChI=1S/C27H27ClF4N4O3/c1-13-9-15(12-16(29)10-13)21-18-3-2-4-20(28)22(18)35-26(39)24(34-21)36-25(38)19(11-14-5-6-14)17(23(33)37)7-8-27(30,31)32/h2-4,9-10,12,14,17,19,24H,5-8,11H2,1H3,(H2,33,37)(H,35,39)(H,36,38)/t17-,19+,24-/m1/s1. The maximum absolute atomic E-state index is 14.3. The summed E-state index contributed by atoms with van der Waals surface area (Å²) in [6.45, 7) is 1.68. The number of benzodiazepines with no additional fused rings is 1. The number of benzene rings is 2. The number of primary amides is 1. The van der Waals surface area contributed by atoms with Crippen molar-refractivity contribution in [2.75, 3.05) is 5.32 Å². The molecule has 208 valence electrons. The number of amides is 3. The minimum atomic E-state index is -4.54. The lowest BCUT2D eigenvalue weighted by atomic mass is 9.83. The van der Waals surface area contributed by atoms with Crippen LogP contribution in [0.4, 0.5) is 23.2 Å². The van der Waals surface area contributed by atoms with Crippen LogP contribution in [0.25, 0.3) is 0 Å². The minimum absolute atomic E-state index is 0.0637. The van der Waals surface area contributed by atoms with Gasteiger partial charge in [-0.2, -0.15) is 13.2 Å². The molecular weight excluding hydrogens is 540 g/mol. The first-order chi connectivity index (χ1) is 18.3. The second-order valence-corrected chi connectivity index (χ2v) is 10.4. The van der Waals surface area contributed by atoms with Gasteiger partial charge in [0.1, 0.15) is 5.82 Å². The van der Waals surface area contributed by atoms with E-state index in [0.29, 0.717) is 16.7 Å². The highest BCUT2D eigenvalue weighted by Gasteiger charge is 2.41. The molecule has 0 unspecified atom stereocenters. The zero-order chi connectivity index (χ0) is 28.5. The van der Waals surface area contributed by atoms with E-state index in [0.717, 1.165) is 12.8 Å². The smallest absolute Gasteiger partial charge is 0.369 e. The lowest BCUT2D eigenvalue weighted by Crippen LogP contribution is -2.48. The Kier molecular flexibility index (Phi) is 8.29. The van der Waals surface area contributed by atoms with Gasteiger partial charge in [-0.3, -0.25) is 14.4 Å². The molecule has 0 spiro atoms. The Balaban J connectivity index is 1.70. The van der Waals surface area contributed by atoms with Crippen LogP contribution in [-0.2, 0) is 14.4 Å². The third kappa shape index (κ3) is 7.14. The summed E-state index contributed by atoms with van der Waals surface area (Å²) in [4.78, 5) is 43.3. The third-order valence-electron chi connectivity index (χ3n) is 6.83. The summed E-state index contributed by atoms with van der Waals surface area (Å²) < 4.78 is 53.2. The maximum atomic E-state index is 14.3. The number of para-hydroxylation sites is 1. The summed E-state index contributed by atoms with van der Waals surface area (Å²) >= 11 is 6.34. The van der Waals surface area contributed by atoms with Crippen LogP contribution in [0, 0.1) is 30.5 Å². The summed E-state index contributed by atoms with van der Waals surface area (Å²) in [7, 11) is 0. The fraction of sp³-hybridized carbons (Fsp3) is 0.407. The molecule has 0 radical (unpaired) electrons. The van der Waals surface area contributed by atoms with E-state index in [1.807, 2.05) is 0 Å². The summed E-state index contributed by atoms with van der Waals surface area (Å²) in [5.41, 5.74) is 7.10. The molecule has 2 aromatic carbocycles. The first kappa shape index (κ1) is 28.5. The Morgan fingerprint density at radius 3 is 2.54 bits per heavy atom. The van der Waals surface area contributed by atoms with E-state index >= 15 is 0 Å².